The molecule has 0 aliphatic rings. The highest BCUT2D eigenvalue weighted by atomic mass is 79.9. The number of H-pyrrole nitrogens is 1. The molecular formula is C17H14Br2N6. The zero-order valence-electron chi connectivity index (χ0n) is 13.3. The van der Waals surface area contributed by atoms with E-state index in [-0.39, 0.29) is 0 Å². The summed E-state index contributed by atoms with van der Waals surface area (Å²) >= 11 is 6.66. The molecule has 0 amide bonds. The Balaban J connectivity index is 0.000000146. The number of nitrogens with one attached hydrogen (secondary N) is 1. The second-order valence-electron chi connectivity index (χ2n) is 5.07. The van der Waals surface area contributed by atoms with Gasteiger partial charge in [0.05, 0.1) is 17.1 Å². The predicted molar refractivity (Wildman–Crippen MR) is 104 cm³/mol. The second-order valence-corrected chi connectivity index (χ2v) is 6.90. The van der Waals surface area contributed by atoms with Crippen LogP contribution in [0.3, 0.4) is 0 Å². The van der Waals surface area contributed by atoms with Crippen LogP contribution in [0.4, 0.5) is 0 Å². The number of aromatic amines is 1. The second kappa shape index (κ2) is 8.17. The summed E-state index contributed by atoms with van der Waals surface area (Å²) in [6.07, 6.45) is 7.14. The molecule has 4 rings (SSSR count). The summed E-state index contributed by atoms with van der Waals surface area (Å²) in [6, 6.07) is 11.6. The fourth-order valence-corrected chi connectivity index (χ4v) is 2.48. The van der Waals surface area contributed by atoms with Gasteiger partial charge in [-0.25, -0.2) is 0 Å². The van der Waals surface area contributed by atoms with E-state index < -0.39 is 0 Å². The van der Waals surface area contributed by atoms with Gasteiger partial charge in [0.15, 0.2) is 0 Å². The number of aryl methyl sites for hydroxylation is 1. The molecule has 0 saturated heterocycles. The zero-order valence-corrected chi connectivity index (χ0v) is 16.4. The van der Waals surface area contributed by atoms with Crippen LogP contribution < -0.4 is 0 Å². The zero-order chi connectivity index (χ0) is 17.6. The lowest BCUT2D eigenvalue weighted by Gasteiger charge is -1.94. The Morgan fingerprint density at radius 2 is 1.52 bits per heavy atom. The molecule has 0 unspecified atom stereocenters. The molecule has 0 radical (unpaired) electrons. The number of hydrogen-bond donors (Lipinski definition) is 1. The van der Waals surface area contributed by atoms with Crippen LogP contribution in [0.2, 0.25) is 0 Å². The van der Waals surface area contributed by atoms with Crippen molar-refractivity contribution < 1.29 is 0 Å². The number of hydrogen-bond acceptors (Lipinski definition) is 4. The normalized spacial score (nSPS) is 10.2. The third kappa shape index (κ3) is 4.83. The van der Waals surface area contributed by atoms with Crippen molar-refractivity contribution in [2.45, 2.75) is 0 Å². The van der Waals surface area contributed by atoms with Crippen LogP contribution in [0, 0.1) is 0 Å². The minimum atomic E-state index is 0.892. The van der Waals surface area contributed by atoms with Crippen molar-refractivity contribution in [2.24, 2.45) is 7.05 Å². The van der Waals surface area contributed by atoms with Crippen LogP contribution in [0.25, 0.3) is 22.8 Å². The molecule has 0 aliphatic heterocycles. The lowest BCUT2D eigenvalue weighted by atomic mass is 10.3. The highest BCUT2D eigenvalue weighted by molar-refractivity contribution is 9.10. The molecule has 6 nitrogen and oxygen atoms in total. The van der Waals surface area contributed by atoms with Crippen molar-refractivity contribution in [3.8, 4) is 22.8 Å². The molecule has 0 bridgehead atoms. The third-order valence-electron chi connectivity index (χ3n) is 3.21. The molecule has 25 heavy (non-hydrogen) atoms. The highest BCUT2D eigenvalue weighted by Crippen LogP contribution is 2.16. The fraction of sp³-hybridized carbons (Fsp3) is 0.0588. The molecule has 4 heterocycles. The van der Waals surface area contributed by atoms with Crippen molar-refractivity contribution in [3.63, 3.8) is 0 Å². The topological polar surface area (TPSA) is 72.3 Å². The van der Waals surface area contributed by atoms with E-state index in [1.54, 1.807) is 23.3 Å². The Morgan fingerprint density at radius 3 is 2.00 bits per heavy atom. The van der Waals surface area contributed by atoms with Gasteiger partial charge in [-0.05, 0) is 68.3 Å². The Bertz CT molecular complexity index is 915. The van der Waals surface area contributed by atoms with Crippen LogP contribution in [0.1, 0.15) is 0 Å². The Labute approximate surface area is 161 Å². The van der Waals surface area contributed by atoms with Gasteiger partial charge in [-0.1, -0.05) is 0 Å². The van der Waals surface area contributed by atoms with Crippen LogP contribution in [0.5, 0.6) is 0 Å². The summed E-state index contributed by atoms with van der Waals surface area (Å²) in [5, 5.41) is 10.9. The van der Waals surface area contributed by atoms with E-state index >= 15 is 0 Å². The van der Waals surface area contributed by atoms with Crippen LogP contribution in [-0.2, 0) is 7.05 Å². The Kier molecular flexibility index (Phi) is 5.72. The van der Waals surface area contributed by atoms with Gasteiger partial charge in [-0.15, -0.1) is 0 Å². The first kappa shape index (κ1) is 17.5. The minimum Gasteiger partial charge on any atom is -0.276 e. The molecule has 4 aromatic heterocycles. The summed E-state index contributed by atoms with van der Waals surface area (Å²) in [5.74, 6) is 0. The standard InChI is InChI=1S/C9H8BrN3.C8H6BrN3/c1-13-5-4-9(12-13)8-3-2-7(10)6-11-8;9-6-1-2-7(10-5-6)8-3-4-11-12-8/h2-6H,1H3;1-5H,(H,11,12). The van der Waals surface area contributed by atoms with Gasteiger partial charge in [0.1, 0.15) is 5.69 Å². The van der Waals surface area contributed by atoms with E-state index in [0.717, 1.165) is 31.7 Å². The van der Waals surface area contributed by atoms with Crippen molar-refractivity contribution in [1.29, 1.82) is 0 Å². The smallest absolute Gasteiger partial charge is 0.111 e. The first-order valence-corrected chi connectivity index (χ1v) is 8.93. The average molecular weight is 462 g/mol. The summed E-state index contributed by atoms with van der Waals surface area (Å²) in [5.41, 5.74) is 3.62. The Morgan fingerprint density at radius 1 is 0.840 bits per heavy atom. The Hall–Kier alpha value is -2.32. The molecule has 0 saturated carbocycles. The number of rotatable bonds is 2. The SMILES string of the molecule is Brc1ccc(-c2ccn[nH]2)nc1.Cn1ccc(-c2ccc(Br)cn2)n1. The van der Waals surface area contributed by atoms with Gasteiger partial charge >= 0.3 is 0 Å². The van der Waals surface area contributed by atoms with Gasteiger partial charge in [-0.2, -0.15) is 10.2 Å². The summed E-state index contributed by atoms with van der Waals surface area (Å²) in [4.78, 5) is 8.44. The van der Waals surface area contributed by atoms with Gasteiger partial charge < -0.3 is 0 Å². The maximum absolute atomic E-state index is 4.25. The van der Waals surface area contributed by atoms with Crippen LogP contribution in [0.15, 0.2) is 70.1 Å². The molecule has 4 aromatic rings. The average Bonchev–Trinajstić information content (AvgIpc) is 3.29. The largest absolute Gasteiger partial charge is 0.276 e. The first-order valence-electron chi connectivity index (χ1n) is 7.35. The molecule has 126 valence electrons. The molecular weight excluding hydrogens is 448 g/mol. The quantitative estimate of drug-likeness (QED) is 0.477. The molecule has 0 aliphatic carbocycles. The van der Waals surface area contributed by atoms with Crippen LogP contribution in [-0.4, -0.2) is 29.9 Å². The maximum atomic E-state index is 4.25. The van der Waals surface area contributed by atoms with Crippen molar-refractivity contribution in [1.82, 2.24) is 29.9 Å². The lowest BCUT2D eigenvalue weighted by molar-refractivity contribution is 0.770. The molecule has 0 fully saturated rings. The molecule has 8 heteroatoms. The van der Waals surface area contributed by atoms with Crippen molar-refractivity contribution in [2.75, 3.05) is 0 Å². The van der Waals surface area contributed by atoms with E-state index in [2.05, 4.69) is 57.1 Å². The van der Waals surface area contributed by atoms with Gasteiger partial charge in [0.2, 0.25) is 0 Å². The fourth-order valence-electron chi connectivity index (χ4n) is 2.01. The number of pyridine rings is 2. The molecule has 0 atom stereocenters. The van der Waals surface area contributed by atoms with Gasteiger partial charge in [0.25, 0.3) is 0 Å². The van der Waals surface area contributed by atoms with E-state index in [1.165, 1.54) is 0 Å². The van der Waals surface area contributed by atoms with Crippen molar-refractivity contribution in [3.05, 3.63) is 70.1 Å². The first-order chi connectivity index (χ1) is 12.1. The number of nitrogens with zero attached hydrogens (tertiary/aromatic N) is 5. The maximum Gasteiger partial charge on any atom is 0.111 e. The van der Waals surface area contributed by atoms with Crippen LogP contribution >= 0.6 is 31.9 Å². The summed E-state index contributed by atoms with van der Waals surface area (Å²) in [7, 11) is 1.89. The van der Waals surface area contributed by atoms with E-state index in [9.17, 15) is 0 Å². The van der Waals surface area contributed by atoms with E-state index in [1.807, 2.05) is 49.6 Å². The summed E-state index contributed by atoms with van der Waals surface area (Å²) in [6.45, 7) is 0. The number of halogens is 2. The predicted octanol–water partition coefficient (Wildman–Crippen LogP) is 4.48. The molecule has 1 N–H and O–H groups in total. The molecule has 0 aromatic carbocycles. The molecule has 0 spiro atoms. The third-order valence-corrected chi connectivity index (χ3v) is 4.15. The highest BCUT2D eigenvalue weighted by Gasteiger charge is 2.01. The summed E-state index contributed by atoms with van der Waals surface area (Å²) < 4.78 is 3.72. The van der Waals surface area contributed by atoms with E-state index in [0.29, 0.717) is 0 Å². The lowest BCUT2D eigenvalue weighted by Crippen LogP contribution is -1.89. The van der Waals surface area contributed by atoms with Gasteiger partial charge in [0, 0.05) is 40.8 Å². The van der Waals surface area contributed by atoms with Crippen molar-refractivity contribution >= 4 is 31.9 Å². The van der Waals surface area contributed by atoms with E-state index in [4.69, 9.17) is 0 Å². The van der Waals surface area contributed by atoms with Gasteiger partial charge in [-0.3, -0.25) is 19.7 Å². The minimum absolute atomic E-state index is 0.892. The monoisotopic (exact) mass is 460 g/mol. The number of aromatic nitrogens is 6.